The Morgan fingerprint density at radius 3 is 2.83 bits per heavy atom. The number of primary amides is 1. The molecule has 0 aliphatic carbocycles. The fourth-order valence-corrected chi connectivity index (χ4v) is 3.33. The lowest BCUT2D eigenvalue weighted by Gasteiger charge is -2.32. The van der Waals surface area contributed by atoms with Crippen LogP contribution < -0.4 is 5.73 Å². The molecule has 2 N–H and O–H groups in total. The number of amides is 1. The number of hydrogen-bond donors (Lipinski definition) is 1. The number of carbonyl (C=O) groups is 1. The zero-order valence-electron chi connectivity index (χ0n) is 13.6. The third-order valence-electron chi connectivity index (χ3n) is 4.69. The zero-order chi connectivity index (χ0) is 16.1. The first-order chi connectivity index (χ1) is 11.2. The quantitative estimate of drug-likeness (QED) is 0.870. The molecule has 1 amide bonds. The van der Waals surface area contributed by atoms with Crippen molar-refractivity contribution in [2.24, 2.45) is 5.73 Å². The monoisotopic (exact) mass is 318 g/mol. The summed E-state index contributed by atoms with van der Waals surface area (Å²) in [5.74, 6) is -0.368. The Kier molecular flexibility index (Phi) is 5.65. The van der Waals surface area contributed by atoms with Crippen molar-refractivity contribution in [1.82, 2.24) is 4.90 Å². The Hall–Kier alpha value is -1.43. The fraction of sp³-hybridized carbons (Fsp3) is 0.611. The molecule has 5 nitrogen and oxygen atoms in total. The van der Waals surface area contributed by atoms with Gasteiger partial charge in [0.15, 0.2) is 0 Å². The van der Waals surface area contributed by atoms with Crippen LogP contribution >= 0.6 is 0 Å². The summed E-state index contributed by atoms with van der Waals surface area (Å²) in [6.07, 6.45) is 5.08. The second-order valence-electron chi connectivity index (χ2n) is 6.51. The van der Waals surface area contributed by atoms with E-state index in [1.54, 1.807) is 6.07 Å². The number of nitrogens with two attached hydrogens (primary N) is 1. The number of hydrogen-bond acceptors (Lipinski definition) is 4. The summed E-state index contributed by atoms with van der Waals surface area (Å²) < 4.78 is 11.6. The summed E-state index contributed by atoms with van der Waals surface area (Å²) in [7, 11) is 0. The summed E-state index contributed by atoms with van der Waals surface area (Å²) in [6, 6.07) is 7.60. The lowest BCUT2D eigenvalue weighted by molar-refractivity contribution is -0.0426. The number of carbonyl (C=O) groups excluding carboxylic acids is 1. The van der Waals surface area contributed by atoms with Gasteiger partial charge in [-0.05, 0) is 43.4 Å². The first kappa shape index (κ1) is 16.4. The van der Waals surface area contributed by atoms with E-state index < -0.39 is 0 Å². The second kappa shape index (κ2) is 7.90. The summed E-state index contributed by atoms with van der Waals surface area (Å²) in [6.45, 7) is 4.54. The van der Waals surface area contributed by atoms with Crippen LogP contribution in [0.2, 0.25) is 0 Å². The normalized spacial score (nSPS) is 23.2. The van der Waals surface area contributed by atoms with E-state index in [4.69, 9.17) is 15.2 Å². The van der Waals surface area contributed by atoms with Gasteiger partial charge in [-0.3, -0.25) is 9.69 Å². The summed E-state index contributed by atoms with van der Waals surface area (Å²) in [5, 5.41) is 0. The average molecular weight is 318 g/mol. The van der Waals surface area contributed by atoms with E-state index in [1.807, 2.05) is 18.2 Å². The maximum atomic E-state index is 11.3. The van der Waals surface area contributed by atoms with Crippen molar-refractivity contribution in [2.75, 3.05) is 26.3 Å². The molecule has 0 spiro atoms. The zero-order valence-corrected chi connectivity index (χ0v) is 13.6. The molecule has 0 radical (unpaired) electrons. The van der Waals surface area contributed by atoms with E-state index in [0.717, 1.165) is 64.1 Å². The molecule has 1 atom stereocenters. The van der Waals surface area contributed by atoms with Crippen molar-refractivity contribution in [2.45, 2.75) is 44.4 Å². The minimum Gasteiger partial charge on any atom is -0.376 e. The molecule has 0 bridgehead atoms. The van der Waals surface area contributed by atoms with Gasteiger partial charge in [-0.15, -0.1) is 0 Å². The van der Waals surface area contributed by atoms with Gasteiger partial charge in [0, 0.05) is 31.8 Å². The summed E-state index contributed by atoms with van der Waals surface area (Å²) >= 11 is 0. The predicted molar refractivity (Wildman–Crippen MR) is 88.2 cm³/mol. The van der Waals surface area contributed by atoms with Crippen LogP contribution in [-0.4, -0.2) is 49.3 Å². The Morgan fingerprint density at radius 1 is 1.30 bits per heavy atom. The molecule has 0 aromatic heterocycles. The fourth-order valence-electron chi connectivity index (χ4n) is 3.33. The standard InChI is InChI=1S/C18H26N2O3/c19-18(21)15-4-1-3-14(11-15)12-20-8-6-16(7-9-20)23-13-17-5-2-10-22-17/h1,3-4,11,16-17H,2,5-10,12-13H2,(H2,19,21). The van der Waals surface area contributed by atoms with Gasteiger partial charge in [-0.25, -0.2) is 0 Å². The lowest BCUT2D eigenvalue weighted by atomic mass is 10.1. The van der Waals surface area contributed by atoms with Crippen LogP contribution in [0.4, 0.5) is 0 Å². The number of likely N-dealkylation sites (tertiary alicyclic amines) is 1. The van der Waals surface area contributed by atoms with E-state index in [2.05, 4.69) is 4.90 Å². The van der Waals surface area contributed by atoms with Crippen LogP contribution in [0.1, 0.15) is 41.6 Å². The van der Waals surface area contributed by atoms with Crippen LogP contribution in [0.3, 0.4) is 0 Å². The van der Waals surface area contributed by atoms with E-state index in [-0.39, 0.29) is 5.91 Å². The molecular formula is C18H26N2O3. The molecule has 2 heterocycles. The smallest absolute Gasteiger partial charge is 0.248 e. The molecule has 2 fully saturated rings. The number of benzene rings is 1. The minimum atomic E-state index is -0.368. The van der Waals surface area contributed by atoms with Crippen LogP contribution in [0.5, 0.6) is 0 Å². The number of piperidine rings is 1. The van der Waals surface area contributed by atoms with Crippen molar-refractivity contribution < 1.29 is 14.3 Å². The highest BCUT2D eigenvalue weighted by atomic mass is 16.5. The van der Waals surface area contributed by atoms with Gasteiger partial charge in [-0.1, -0.05) is 12.1 Å². The molecule has 0 saturated carbocycles. The Bertz CT molecular complexity index is 521. The van der Waals surface area contributed by atoms with Gasteiger partial charge >= 0.3 is 0 Å². The van der Waals surface area contributed by atoms with Crippen molar-refractivity contribution in [3.05, 3.63) is 35.4 Å². The molecule has 1 aromatic rings. The van der Waals surface area contributed by atoms with E-state index in [9.17, 15) is 4.79 Å². The number of rotatable bonds is 6. The molecule has 23 heavy (non-hydrogen) atoms. The van der Waals surface area contributed by atoms with Gasteiger partial charge in [0.05, 0.1) is 18.8 Å². The molecule has 126 valence electrons. The molecule has 2 saturated heterocycles. The molecule has 2 aliphatic heterocycles. The van der Waals surface area contributed by atoms with Crippen LogP contribution in [0.25, 0.3) is 0 Å². The molecule has 1 aromatic carbocycles. The second-order valence-corrected chi connectivity index (χ2v) is 6.51. The van der Waals surface area contributed by atoms with Crippen molar-refractivity contribution >= 4 is 5.91 Å². The van der Waals surface area contributed by atoms with Gasteiger partial charge in [0.1, 0.15) is 0 Å². The third-order valence-corrected chi connectivity index (χ3v) is 4.69. The SMILES string of the molecule is NC(=O)c1cccc(CN2CCC(OCC3CCCO3)CC2)c1. The molecule has 3 rings (SSSR count). The highest BCUT2D eigenvalue weighted by Crippen LogP contribution is 2.19. The molecule has 5 heteroatoms. The minimum absolute atomic E-state index is 0.310. The Labute approximate surface area is 137 Å². The highest BCUT2D eigenvalue weighted by Gasteiger charge is 2.22. The molecular weight excluding hydrogens is 292 g/mol. The third kappa shape index (κ3) is 4.77. The Balaban J connectivity index is 1.42. The van der Waals surface area contributed by atoms with Crippen LogP contribution in [0, 0.1) is 0 Å². The van der Waals surface area contributed by atoms with Gasteiger partial charge in [0.2, 0.25) is 5.91 Å². The summed E-state index contributed by atoms with van der Waals surface area (Å²) in [4.78, 5) is 13.7. The molecule has 1 unspecified atom stereocenters. The van der Waals surface area contributed by atoms with Gasteiger partial charge in [-0.2, -0.15) is 0 Å². The maximum absolute atomic E-state index is 11.3. The number of nitrogens with zero attached hydrogens (tertiary/aromatic N) is 1. The summed E-state index contributed by atoms with van der Waals surface area (Å²) in [5.41, 5.74) is 7.06. The van der Waals surface area contributed by atoms with E-state index in [1.165, 1.54) is 0 Å². The number of ether oxygens (including phenoxy) is 2. The maximum Gasteiger partial charge on any atom is 0.248 e. The first-order valence-electron chi connectivity index (χ1n) is 8.55. The first-order valence-corrected chi connectivity index (χ1v) is 8.55. The van der Waals surface area contributed by atoms with Crippen molar-refractivity contribution in [3.63, 3.8) is 0 Å². The van der Waals surface area contributed by atoms with Crippen molar-refractivity contribution in [3.8, 4) is 0 Å². The van der Waals surface area contributed by atoms with Crippen molar-refractivity contribution in [1.29, 1.82) is 0 Å². The van der Waals surface area contributed by atoms with E-state index >= 15 is 0 Å². The topological polar surface area (TPSA) is 64.8 Å². The van der Waals surface area contributed by atoms with E-state index in [0.29, 0.717) is 17.8 Å². The average Bonchev–Trinajstić information content (AvgIpc) is 3.08. The predicted octanol–water partition coefficient (Wildman–Crippen LogP) is 1.95. The van der Waals surface area contributed by atoms with Crippen LogP contribution in [-0.2, 0) is 16.0 Å². The largest absolute Gasteiger partial charge is 0.376 e. The Morgan fingerprint density at radius 2 is 2.13 bits per heavy atom. The van der Waals surface area contributed by atoms with Gasteiger partial charge < -0.3 is 15.2 Å². The lowest BCUT2D eigenvalue weighted by Crippen LogP contribution is -2.37. The van der Waals surface area contributed by atoms with Crippen LogP contribution in [0.15, 0.2) is 24.3 Å². The van der Waals surface area contributed by atoms with Gasteiger partial charge in [0.25, 0.3) is 0 Å². The molecule has 2 aliphatic rings. The highest BCUT2D eigenvalue weighted by molar-refractivity contribution is 5.92.